The Morgan fingerprint density at radius 3 is 2.56 bits per heavy atom. The Kier molecular flexibility index (Phi) is 4.80. The third-order valence-electron chi connectivity index (χ3n) is 3.98. The van der Waals surface area contributed by atoms with Gasteiger partial charge in [0.25, 0.3) is 0 Å². The first-order chi connectivity index (χ1) is 13.2. The molecule has 2 N–H and O–H groups in total. The number of hydrogen-bond acceptors (Lipinski definition) is 7. The summed E-state index contributed by atoms with van der Waals surface area (Å²) in [5.41, 5.74) is 2.67. The molecule has 4 aromatic rings. The SMILES string of the molecule is COc1ccc(-c2nnc(SCc3cc(-c4ccccc4)on3)n2N)cc1. The number of nitrogen functional groups attached to an aromatic ring is 1. The molecule has 136 valence electrons. The van der Waals surface area contributed by atoms with Gasteiger partial charge in [0, 0.05) is 22.9 Å². The maximum atomic E-state index is 6.16. The van der Waals surface area contributed by atoms with Crippen LogP contribution in [0.1, 0.15) is 5.69 Å². The lowest BCUT2D eigenvalue weighted by atomic mass is 10.2. The van der Waals surface area contributed by atoms with Crippen LogP contribution in [0.25, 0.3) is 22.7 Å². The molecule has 0 saturated carbocycles. The number of benzene rings is 2. The van der Waals surface area contributed by atoms with Gasteiger partial charge in [-0.3, -0.25) is 0 Å². The molecule has 7 nitrogen and oxygen atoms in total. The summed E-state index contributed by atoms with van der Waals surface area (Å²) in [6, 6.07) is 19.3. The van der Waals surface area contributed by atoms with Crippen LogP contribution in [0.3, 0.4) is 0 Å². The second kappa shape index (κ2) is 7.55. The Hall–Kier alpha value is -3.26. The molecule has 2 aromatic heterocycles. The molecular weight excluding hydrogens is 362 g/mol. The first-order valence-electron chi connectivity index (χ1n) is 8.23. The van der Waals surface area contributed by atoms with E-state index in [1.807, 2.05) is 60.7 Å². The molecule has 0 saturated heterocycles. The van der Waals surface area contributed by atoms with Crippen LogP contribution >= 0.6 is 11.8 Å². The normalized spacial score (nSPS) is 10.9. The highest BCUT2D eigenvalue weighted by molar-refractivity contribution is 7.98. The summed E-state index contributed by atoms with van der Waals surface area (Å²) < 4.78 is 12.1. The van der Waals surface area contributed by atoms with Crippen molar-refractivity contribution in [3.05, 3.63) is 66.4 Å². The van der Waals surface area contributed by atoms with Gasteiger partial charge in [-0.15, -0.1) is 10.2 Å². The molecule has 0 aliphatic rings. The summed E-state index contributed by atoms with van der Waals surface area (Å²) in [7, 11) is 1.63. The number of thioether (sulfide) groups is 1. The summed E-state index contributed by atoms with van der Waals surface area (Å²) in [4.78, 5) is 0. The van der Waals surface area contributed by atoms with E-state index in [-0.39, 0.29) is 0 Å². The van der Waals surface area contributed by atoms with Crippen molar-refractivity contribution in [2.45, 2.75) is 10.9 Å². The van der Waals surface area contributed by atoms with Crippen LogP contribution < -0.4 is 10.6 Å². The predicted molar refractivity (Wildman–Crippen MR) is 104 cm³/mol. The molecule has 27 heavy (non-hydrogen) atoms. The van der Waals surface area contributed by atoms with Gasteiger partial charge in [-0.25, -0.2) is 4.68 Å². The third kappa shape index (κ3) is 3.65. The quantitative estimate of drug-likeness (QED) is 0.404. The van der Waals surface area contributed by atoms with Crippen LogP contribution in [-0.2, 0) is 5.75 Å². The van der Waals surface area contributed by atoms with Crippen LogP contribution in [-0.4, -0.2) is 27.1 Å². The topological polar surface area (TPSA) is 92.0 Å². The van der Waals surface area contributed by atoms with Crippen molar-refractivity contribution in [2.75, 3.05) is 13.0 Å². The highest BCUT2D eigenvalue weighted by atomic mass is 32.2. The minimum absolute atomic E-state index is 0.578. The molecule has 2 heterocycles. The molecular formula is C19H17N5O2S. The highest BCUT2D eigenvalue weighted by Crippen LogP contribution is 2.27. The summed E-state index contributed by atoms with van der Waals surface area (Å²) in [6.07, 6.45) is 0. The van der Waals surface area contributed by atoms with Gasteiger partial charge in [0.2, 0.25) is 5.16 Å². The first-order valence-corrected chi connectivity index (χ1v) is 9.22. The fraction of sp³-hybridized carbons (Fsp3) is 0.105. The van der Waals surface area contributed by atoms with Crippen molar-refractivity contribution < 1.29 is 9.26 Å². The maximum Gasteiger partial charge on any atom is 0.210 e. The number of nitrogens with zero attached hydrogens (tertiary/aromatic N) is 4. The van der Waals surface area contributed by atoms with Crippen LogP contribution in [0, 0.1) is 0 Å². The van der Waals surface area contributed by atoms with E-state index in [0.717, 1.165) is 28.3 Å². The predicted octanol–water partition coefficient (Wildman–Crippen LogP) is 3.61. The Morgan fingerprint density at radius 2 is 1.81 bits per heavy atom. The molecule has 0 atom stereocenters. The smallest absolute Gasteiger partial charge is 0.210 e. The summed E-state index contributed by atoms with van der Waals surface area (Å²) in [5, 5.41) is 13.1. The average molecular weight is 379 g/mol. The second-order valence-corrected chi connectivity index (χ2v) is 6.68. The lowest BCUT2D eigenvalue weighted by molar-refractivity contribution is 0.415. The zero-order valence-corrected chi connectivity index (χ0v) is 15.4. The van der Waals surface area contributed by atoms with Crippen molar-refractivity contribution in [3.63, 3.8) is 0 Å². The number of aromatic nitrogens is 4. The summed E-state index contributed by atoms with van der Waals surface area (Å²) in [5.74, 6) is 8.84. The Bertz CT molecular complexity index is 1030. The van der Waals surface area contributed by atoms with Gasteiger partial charge in [-0.05, 0) is 24.3 Å². The van der Waals surface area contributed by atoms with E-state index in [1.165, 1.54) is 16.4 Å². The molecule has 0 spiro atoms. The molecule has 0 radical (unpaired) electrons. The van der Waals surface area contributed by atoms with Crippen LogP contribution in [0.4, 0.5) is 0 Å². The van der Waals surface area contributed by atoms with Gasteiger partial charge in [0.05, 0.1) is 12.8 Å². The second-order valence-electron chi connectivity index (χ2n) is 5.74. The molecule has 4 rings (SSSR count). The van der Waals surface area contributed by atoms with E-state index < -0.39 is 0 Å². The van der Waals surface area contributed by atoms with Gasteiger partial charge in [0.15, 0.2) is 11.6 Å². The van der Waals surface area contributed by atoms with E-state index in [0.29, 0.717) is 16.7 Å². The van der Waals surface area contributed by atoms with Gasteiger partial charge >= 0.3 is 0 Å². The van der Waals surface area contributed by atoms with E-state index in [1.54, 1.807) is 7.11 Å². The van der Waals surface area contributed by atoms with Crippen molar-refractivity contribution in [1.29, 1.82) is 0 Å². The fourth-order valence-corrected chi connectivity index (χ4v) is 3.31. The van der Waals surface area contributed by atoms with E-state index >= 15 is 0 Å². The Labute approximate surface area is 160 Å². The van der Waals surface area contributed by atoms with Crippen LogP contribution in [0.5, 0.6) is 5.75 Å². The maximum absolute atomic E-state index is 6.16. The number of hydrogen-bond donors (Lipinski definition) is 1. The number of methoxy groups -OCH3 is 1. The zero-order chi connectivity index (χ0) is 18.6. The molecule has 8 heteroatoms. The van der Waals surface area contributed by atoms with Crippen molar-refractivity contribution in [1.82, 2.24) is 20.0 Å². The van der Waals surface area contributed by atoms with Gasteiger partial charge < -0.3 is 15.1 Å². The molecule has 0 bridgehead atoms. The van der Waals surface area contributed by atoms with Gasteiger partial charge in [-0.1, -0.05) is 47.3 Å². The minimum atomic E-state index is 0.578. The minimum Gasteiger partial charge on any atom is -0.497 e. The van der Waals surface area contributed by atoms with Crippen molar-refractivity contribution in [2.24, 2.45) is 0 Å². The van der Waals surface area contributed by atoms with E-state index in [9.17, 15) is 0 Å². The lowest BCUT2D eigenvalue weighted by Gasteiger charge is -2.04. The van der Waals surface area contributed by atoms with Crippen LogP contribution in [0.2, 0.25) is 0 Å². The highest BCUT2D eigenvalue weighted by Gasteiger charge is 2.14. The van der Waals surface area contributed by atoms with Gasteiger partial charge in [-0.2, -0.15) is 0 Å². The standard InChI is InChI=1S/C19H17N5O2S/c1-25-16-9-7-14(8-10-16)18-21-22-19(24(18)20)27-12-15-11-17(26-23-15)13-5-3-2-4-6-13/h2-11H,12,20H2,1H3. The molecule has 2 aromatic carbocycles. The van der Waals surface area contributed by atoms with Crippen LogP contribution in [0.15, 0.2) is 70.3 Å². The third-order valence-corrected chi connectivity index (χ3v) is 4.96. The summed E-state index contributed by atoms with van der Waals surface area (Å²) in [6.45, 7) is 0. The largest absolute Gasteiger partial charge is 0.497 e. The lowest BCUT2D eigenvalue weighted by Crippen LogP contribution is -2.11. The molecule has 0 aliphatic carbocycles. The monoisotopic (exact) mass is 379 g/mol. The zero-order valence-electron chi connectivity index (χ0n) is 14.6. The average Bonchev–Trinajstić information content (AvgIpc) is 3.34. The van der Waals surface area contributed by atoms with Crippen molar-refractivity contribution >= 4 is 11.8 Å². The Balaban J connectivity index is 1.46. The molecule has 0 unspecified atom stereocenters. The number of rotatable bonds is 6. The van der Waals surface area contributed by atoms with E-state index in [2.05, 4.69) is 15.4 Å². The van der Waals surface area contributed by atoms with E-state index in [4.69, 9.17) is 15.1 Å². The Morgan fingerprint density at radius 1 is 1.04 bits per heavy atom. The van der Waals surface area contributed by atoms with Gasteiger partial charge in [0.1, 0.15) is 5.75 Å². The number of nitrogens with two attached hydrogens (primary N) is 1. The summed E-state index contributed by atoms with van der Waals surface area (Å²) >= 11 is 1.45. The number of ether oxygens (including phenoxy) is 1. The fourth-order valence-electron chi connectivity index (χ4n) is 2.57. The molecule has 0 fully saturated rings. The molecule has 0 amide bonds. The molecule has 0 aliphatic heterocycles. The first kappa shape index (κ1) is 17.2. The van der Waals surface area contributed by atoms with Crippen molar-refractivity contribution in [3.8, 4) is 28.5 Å².